The van der Waals surface area contributed by atoms with E-state index < -0.39 is 9.84 Å². The molecule has 0 saturated carbocycles. The molecule has 6 nitrogen and oxygen atoms in total. The number of nitrogens with zero attached hydrogens (tertiary/aromatic N) is 3. The lowest BCUT2D eigenvalue weighted by molar-refractivity contribution is 0.184. The molecular weight excluding hydrogens is 361 g/mol. The van der Waals surface area contributed by atoms with Gasteiger partial charge in [0.1, 0.15) is 10.9 Å². The highest BCUT2D eigenvalue weighted by Gasteiger charge is 2.26. The lowest BCUT2D eigenvalue weighted by Gasteiger charge is -2.10. The van der Waals surface area contributed by atoms with Gasteiger partial charge in [-0.3, -0.25) is 0 Å². The topological polar surface area (TPSA) is 74.1 Å². The number of ether oxygens (including phenoxy) is 1. The monoisotopic (exact) mass is 377 g/mol. The number of sulfone groups is 1. The molecule has 0 aliphatic rings. The van der Waals surface area contributed by atoms with Gasteiger partial charge in [0.15, 0.2) is 0 Å². The van der Waals surface area contributed by atoms with E-state index >= 15 is 0 Å². The van der Waals surface area contributed by atoms with E-state index in [-0.39, 0.29) is 26.8 Å². The summed E-state index contributed by atoms with van der Waals surface area (Å²) in [7, 11) is -2.17. The maximum absolute atomic E-state index is 12.7. The number of hydrogen-bond acceptors (Lipinski definition) is 5. The van der Waals surface area contributed by atoms with E-state index in [9.17, 15) is 8.42 Å². The Kier molecular flexibility index (Phi) is 5.67. The Labute approximate surface area is 145 Å². The van der Waals surface area contributed by atoms with Crippen LogP contribution in [0.1, 0.15) is 17.1 Å². The molecule has 2 rings (SSSR count). The van der Waals surface area contributed by atoms with E-state index in [0.29, 0.717) is 18.8 Å². The van der Waals surface area contributed by atoms with Gasteiger partial charge in [0.2, 0.25) is 15.0 Å². The van der Waals surface area contributed by atoms with Crippen LogP contribution in [0.4, 0.5) is 0 Å². The SMILES string of the molecule is COCCn1c(S(=O)(=O)Cc2nc(Cl)ccc2Cl)nc(C)c1C. The molecule has 0 radical (unpaired) electrons. The van der Waals surface area contributed by atoms with Gasteiger partial charge in [0.25, 0.3) is 0 Å². The minimum Gasteiger partial charge on any atom is -0.383 e. The Morgan fingerprint density at radius 3 is 2.57 bits per heavy atom. The van der Waals surface area contributed by atoms with Gasteiger partial charge in [0, 0.05) is 19.3 Å². The summed E-state index contributed by atoms with van der Waals surface area (Å²) in [6.07, 6.45) is 0. The highest BCUT2D eigenvalue weighted by atomic mass is 35.5. The van der Waals surface area contributed by atoms with Gasteiger partial charge in [0.05, 0.1) is 23.0 Å². The summed E-state index contributed by atoms with van der Waals surface area (Å²) in [5, 5.41) is 0.429. The number of hydrogen-bond donors (Lipinski definition) is 0. The van der Waals surface area contributed by atoms with E-state index in [1.807, 2.05) is 6.92 Å². The van der Waals surface area contributed by atoms with Crippen LogP contribution >= 0.6 is 23.2 Å². The summed E-state index contributed by atoms with van der Waals surface area (Å²) < 4.78 is 32.2. The molecule has 2 aromatic rings. The van der Waals surface area contributed by atoms with Gasteiger partial charge in [-0.05, 0) is 26.0 Å². The van der Waals surface area contributed by atoms with Crippen molar-refractivity contribution in [3.63, 3.8) is 0 Å². The maximum atomic E-state index is 12.7. The van der Waals surface area contributed by atoms with E-state index in [4.69, 9.17) is 27.9 Å². The minimum absolute atomic E-state index is 0.0117. The average molecular weight is 378 g/mol. The molecule has 0 saturated heterocycles. The summed E-state index contributed by atoms with van der Waals surface area (Å²) in [4.78, 5) is 8.20. The highest BCUT2D eigenvalue weighted by molar-refractivity contribution is 7.90. The molecule has 9 heteroatoms. The van der Waals surface area contributed by atoms with Gasteiger partial charge >= 0.3 is 0 Å². The summed E-state index contributed by atoms with van der Waals surface area (Å²) in [5.74, 6) is -0.366. The highest BCUT2D eigenvalue weighted by Crippen LogP contribution is 2.23. The van der Waals surface area contributed by atoms with Gasteiger partial charge < -0.3 is 9.30 Å². The zero-order valence-corrected chi connectivity index (χ0v) is 15.3. The molecule has 0 bridgehead atoms. The summed E-state index contributed by atoms with van der Waals surface area (Å²) in [6.45, 7) is 4.37. The predicted octanol–water partition coefficient (Wildman–Crippen LogP) is 2.82. The van der Waals surface area contributed by atoms with Crippen LogP contribution in [0.25, 0.3) is 0 Å². The lowest BCUT2D eigenvalue weighted by atomic mass is 10.4. The predicted molar refractivity (Wildman–Crippen MR) is 88.7 cm³/mol. The molecule has 0 spiro atoms. The second kappa shape index (κ2) is 7.17. The number of rotatable bonds is 6. The summed E-state index contributed by atoms with van der Waals surface area (Å²) >= 11 is 11.8. The van der Waals surface area contributed by atoms with Crippen LogP contribution in [0.15, 0.2) is 17.3 Å². The Balaban J connectivity index is 2.43. The van der Waals surface area contributed by atoms with Crippen molar-refractivity contribution in [1.82, 2.24) is 14.5 Å². The molecule has 0 aliphatic heterocycles. The van der Waals surface area contributed by atoms with Crippen molar-refractivity contribution < 1.29 is 13.2 Å². The van der Waals surface area contributed by atoms with E-state index in [1.165, 1.54) is 12.1 Å². The third kappa shape index (κ3) is 4.03. The van der Waals surface area contributed by atoms with Gasteiger partial charge in [-0.1, -0.05) is 23.2 Å². The third-order valence-electron chi connectivity index (χ3n) is 3.43. The first-order chi connectivity index (χ1) is 10.8. The second-order valence-corrected chi connectivity index (χ2v) is 7.71. The number of aryl methyl sites for hydroxylation is 1. The average Bonchev–Trinajstić information content (AvgIpc) is 2.77. The van der Waals surface area contributed by atoms with E-state index in [2.05, 4.69) is 9.97 Å². The molecular formula is C14H17Cl2N3O3S. The Morgan fingerprint density at radius 1 is 1.22 bits per heavy atom. The maximum Gasteiger partial charge on any atom is 0.228 e. The lowest BCUT2D eigenvalue weighted by Crippen LogP contribution is -2.16. The van der Waals surface area contributed by atoms with Crippen molar-refractivity contribution in [3.05, 3.63) is 39.4 Å². The third-order valence-corrected chi connectivity index (χ3v) is 5.51. The quantitative estimate of drug-likeness (QED) is 0.723. The van der Waals surface area contributed by atoms with Crippen molar-refractivity contribution in [2.75, 3.05) is 13.7 Å². The fourth-order valence-corrected chi connectivity index (χ4v) is 4.08. The van der Waals surface area contributed by atoms with Crippen molar-refractivity contribution in [1.29, 1.82) is 0 Å². The molecule has 0 unspecified atom stereocenters. The van der Waals surface area contributed by atoms with Crippen LogP contribution in [0.5, 0.6) is 0 Å². The number of aromatic nitrogens is 3. The first kappa shape index (κ1) is 18.2. The first-order valence-electron chi connectivity index (χ1n) is 6.82. The largest absolute Gasteiger partial charge is 0.383 e. The van der Waals surface area contributed by atoms with Crippen LogP contribution in [0.3, 0.4) is 0 Å². The molecule has 2 heterocycles. The molecule has 2 aromatic heterocycles. The molecule has 0 atom stereocenters. The summed E-state index contributed by atoms with van der Waals surface area (Å²) in [6, 6.07) is 3.03. The van der Waals surface area contributed by atoms with Crippen molar-refractivity contribution in [2.45, 2.75) is 31.3 Å². The fourth-order valence-electron chi connectivity index (χ4n) is 2.11. The molecule has 0 fully saturated rings. The van der Waals surface area contributed by atoms with Crippen LogP contribution in [0.2, 0.25) is 10.2 Å². The van der Waals surface area contributed by atoms with Gasteiger partial charge in [-0.15, -0.1) is 0 Å². The standard InChI is InChI=1S/C14H17Cl2N3O3S/c1-9-10(2)19(6-7-22-3)14(17-9)23(20,21)8-12-11(15)4-5-13(16)18-12/h4-5H,6-8H2,1-3H3. The molecule has 0 amide bonds. The van der Waals surface area contributed by atoms with Crippen LogP contribution in [-0.4, -0.2) is 36.7 Å². The minimum atomic E-state index is -3.72. The van der Waals surface area contributed by atoms with Crippen LogP contribution in [-0.2, 0) is 26.9 Å². The molecule has 0 aliphatic carbocycles. The Bertz CT molecular complexity index is 819. The molecule has 0 aromatic carbocycles. The van der Waals surface area contributed by atoms with Gasteiger partial charge in [-0.25, -0.2) is 18.4 Å². The number of imidazole rings is 1. The summed E-state index contributed by atoms with van der Waals surface area (Å²) in [5.41, 5.74) is 1.64. The number of methoxy groups -OCH3 is 1. The Morgan fingerprint density at radius 2 is 1.91 bits per heavy atom. The van der Waals surface area contributed by atoms with Crippen molar-refractivity contribution in [3.8, 4) is 0 Å². The van der Waals surface area contributed by atoms with Crippen LogP contribution < -0.4 is 0 Å². The number of halogens is 2. The van der Waals surface area contributed by atoms with E-state index in [0.717, 1.165) is 5.69 Å². The normalized spacial score (nSPS) is 11.9. The second-order valence-electron chi connectivity index (χ2n) is 5.03. The van der Waals surface area contributed by atoms with Crippen LogP contribution in [0, 0.1) is 13.8 Å². The molecule has 126 valence electrons. The first-order valence-corrected chi connectivity index (χ1v) is 9.23. The van der Waals surface area contributed by atoms with Crippen molar-refractivity contribution in [2.24, 2.45) is 0 Å². The zero-order chi connectivity index (χ0) is 17.2. The Hall–Kier alpha value is -1.15. The van der Waals surface area contributed by atoms with Gasteiger partial charge in [-0.2, -0.15) is 0 Å². The van der Waals surface area contributed by atoms with Crippen molar-refractivity contribution >= 4 is 33.0 Å². The number of pyridine rings is 1. The zero-order valence-electron chi connectivity index (χ0n) is 13.0. The molecule has 23 heavy (non-hydrogen) atoms. The smallest absolute Gasteiger partial charge is 0.228 e. The van der Waals surface area contributed by atoms with E-state index in [1.54, 1.807) is 18.6 Å². The molecule has 0 N–H and O–H groups in total. The fraction of sp³-hybridized carbons (Fsp3) is 0.429.